The molecule has 7 heteroatoms. The van der Waals surface area contributed by atoms with Crippen LogP contribution in [0.5, 0.6) is 0 Å². The van der Waals surface area contributed by atoms with Crippen LogP contribution in [0.3, 0.4) is 0 Å². The van der Waals surface area contributed by atoms with Crippen molar-refractivity contribution in [1.82, 2.24) is 5.32 Å². The first-order valence-corrected chi connectivity index (χ1v) is 13.5. The second kappa shape index (κ2) is 11.0. The van der Waals surface area contributed by atoms with Crippen molar-refractivity contribution in [2.75, 3.05) is 28.8 Å². The maximum atomic E-state index is 13.5. The third-order valence-corrected chi connectivity index (χ3v) is 8.05. The molecular weight excluding hydrogens is 458 g/mol. The zero-order chi connectivity index (χ0) is 24.8. The molecule has 1 fully saturated rings. The maximum Gasteiger partial charge on any atom is 0.264 e. The molecule has 0 unspecified atom stereocenters. The molecule has 1 amide bonds. The van der Waals surface area contributed by atoms with Crippen LogP contribution >= 0.6 is 0 Å². The lowest BCUT2D eigenvalue weighted by molar-refractivity contribution is -0.119. The normalized spacial score (nSPS) is 13.9. The van der Waals surface area contributed by atoms with Crippen LogP contribution in [0.2, 0.25) is 0 Å². The van der Waals surface area contributed by atoms with E-state index in [0.29, 0.717) is 12.2 Å². The summed E-state index contributed by atoms with van der Waals surface area (Å²) in [7, 11) is -3.92. The molecule has 3 aromatic carbocycles. The number of sulfonamides is 1. The molecule has 1 N–H and O–H groups in total. The standard InChI is InChI=1S/C28H33N3O3S/c1-22-17-23(2)19-26(18-22)31(35(33,34)27-9-5-3-6-10-27)21-28(32)29-20-24-11-13-25(14-12-24)30-15-7-4-8-16-30/h3,5-6,9-14,17-19H,4,7-8,15-16,20-21H2,1-2H3,(H,29,32). The van der Waals surface area contributed by atoms with Crippen molar-refractivity contribution in [1.29, 1.82) is 0 Å². The number of nitrogens with one attached hydrogen (secondary N) is 1. The van der Waals surface area contributed by atoms with E-state index in [1.54, 1.807) is 42.5 Å². The molecule has 6 nitrogen and oxygen atoms in total. The fraction of sp³-hybridized carbons (Fsp3) is 0.321. The van der Waals surface area contributed by atoms with Gasteiger partial charge in [0.1, 0.15) is 6.54 Å². The van der Waals surface area contributed by atoms with E-state index >= 15 is 0 Å². The number of piperidine rings is 1. The van der Waals surface area contributed by atoms with E-state index in [2.05, 4.69) is 22.3 Å². The minimum atomic E-state index is -3.92. The molecule has 0 radical (unpaired) electrons. The molecule has 0 bridgehead atoms. The quantitative estimate of drug-likeness (QED) is 0.491. The van der Waals surface area contributed by atoms with Gasteiger partial charge in [-0.05, 0) is 86.2 Å². The summed E-state index contributed by atoms with van der Waals surface area (Å²) >= 11 is 0. The number of carbonyl (C=O) groups is 1. The van der Waals surface area contributed by atoms with Gasteiger partial charge in [-0.1, -0.05) is 36.4 Å². The van der Waals surface area contributed by atoms with Gasteiger partial charge in [0.25, 0.3) is 10.0 Å². The molecule has 1 heterocycles. The fourth-order valence-electron chi connectivity index (χ4n) is 4.49. The van der Waals surface area contributed by atoms with Gasteiger partial charge in [-0.25, -0.2) is 8.42 Å². The smallest absolute Gasteiger partial charge is 0.264 e. The van der Waals surface area contributed by atoms with Gasteiger partial charge in [0.05, 0.1) is 10.6 Å². The number of amides is 1. The highest BCUT2D eigenvalue weighted by molar-refractivity contribution is 7.92. The van der Waals surface area contributed by atoms with Crippen molar-refractivity contribution >= 4 is 27.3 Å². The minimum Gasteiger partial charge on any atom is -0.372 e. The first-order chi connectivity index (χ1) is 16.8. The Morgan fingerprint density at radius 2 is 1.51 bits per heavy atom. The zero-order valence-electron chi connectivity index (χ0n) is 20.4. The molecular formula is C28H33N3O3S. The van der Waals surface area contributed by atoms with Gasteiger partial charge in [0.2, 0.25) is 5.91 Å². The SMILES string of the molecule is Cc1cc(C)cc(N(CC(=O)NCc2ccc(N3CCCCC3)cc2)S(=O)(=O)c2ccccc2)c1. The Balaban J connectivity index is 1.48. The molecule has 0 aromatic heterocycles. The predicted octanol–water partition coefficient (Wildman–Crippen LogP) is 4.81. The first kappa shape index (κ1) is 24.8. The molecule has 1 aliphatic rings. The van der Waals surface area contributed by atoms with Gasteiger partial charge in [-0.3, -0.25) is 9.10 Å². The van der Waals surface area contributed by atoms with Crippen LogP contribution in [0.1, 0.15) is 36.0 Å². The number of nitrogens with zero attached hydrogens (tertiary/aromatic N) is 2. The monoisotopic (exact) mass is 491 g/mol. The lowest BCUT2D eigenvalue weighted by atomic mass is 10.1. The second-order valence-electron chi connectivity index (χ2n) is 9.16. The molecule has 0 aliphatic carbocycles. The third kappa shape index (κ3) is 6.22. The summed E-state index contributed by atoms with van der Waals surface area (Å²) in [6, 6.07) is 22.0. The molecule has 1 aliphatic heterocycles. The van der Waals surface area contributed by atoms with Gasteiger partial charge in [-0.2, -0.15) is 0 Å². The third-order valence-electron chi connectivity index (χ3n) is 6.26. The summed E-state index contributed by atoms with van der Waals surface area (Å²) < 4.78 is 28.2. The summed E-state index contributed by atoms with van der Waals surface area (Å²) in [6.45, 7) is 6.03. The molecule has 35 heavy (non-hydrogen) atoms. The van der Waals surface area contributed by atoms with Crippen LogP contribution in [-0.2, 0) is 21.4 Å². The highest BCUT2D eigenvalue weighted by Crippen LogP contribution is 2.26. The van der Waals surface area contributed by atoms with E-state index < -0.39 is 10.0 Å². The summed E-state index contributed by atoms with van der Waals surface area (Å²) in [4.78, 5) is 15.5. The largest absolute Gasteiger partial charge is 0.372 e. The summed E-state index contributed by atoms with van der Waals surface area (Å²) in [5.74, 6) is -0.358. The maximum absolute atomic E-state index is 13.5. The van der Waals surface area contributed by atoms with Gasteiger partial charge in [0.15, 0.2) is 0 Å². The van der Waals surface area contributed by atoms with E-state index in [1.165, 1.54) is 29.3 Å². The Hall–Kier alpha value is -3.32. The lowest BCUT2D eigenvalue weighted by Gasteiger charge is -2.28. The average molecular weight is 492 g/mol. The molecule has 3 aromatic rings. The van der Waals surface area contributed by atoms with Gasteiger partial charge in [-0.15, -0.1) is 0 Å². The Morgan fingerprint density at radius 3 is 2.14 bits per heavy atom. The van der Waals surface area contributed by atoms with Gasteiger partial charge < -0.3 is 10.2 Å². The number of carbonyl (C=O) groups excluding carboxylic acids is 1. The lowest BCUT2D eigenvalue weighted by Crippen LogP contribution is -2.40. The van der Waals surface area contributed by atoms with Crippen LogP contribution in [-0.4, -0.2) is 34.0 Å². The molecule has 184 valence electrons. The van der Waals surface area contributed by atoms with E-state index in [-0.39, 0.29) is 17.3 Å². The number of hydrogen-bond donors (Lipinski definition) is 1. The van der Waals surface area contributed by atoms with Crippen LogP contribution < -0.4 is 14.5 Å². The van der Waals surface area contributed by atoms with E-state index in [1.807, 2.05) is 32.0 Å². The molecule has 4 rings (SSSR count). The Bertz CT molecular complexity index is 1230. The van der Waals surface area contributed by atoms with Crippen molar-refractivity contribution in [2.24, 2.45) is 0 Å². The minimum absolute atomic E-state index is 0.153. The van der Waals surface area contributed by atoms with Crippen LogP contribution in [0.4, 0.5) is 11.4 Å². The Labute approximate surface area is 208 Å². The highest BCUT2D eigenvalue weighted by atomic mass is 32.2. The van der Waals surface area contributed by atoms with E-state index in [9.17, 15) is 13.2 Å². The number of benzene rings is 3. The van der Waals surface area contributed by atoms with Crippen molar-refractivity contribution in [3.8, 4) is 0 Å². The van der Waals surface area contributed by atoms with Crippen LogP contribution in [0.15, 0.2) is 77.7 Å². The second-order valence-corrected chi connectivity index (χ2v) is 11.0. The van der Waals surface area contributed by atoms with E-state index in [4.69, 9.17) is 0 Å². The van der Waals surface area contributed by atoms with Gasteiger partial charge in [0, 0.05) is 25.3 Å². The van der Waals surface area contributed by atoms with Crippen molar-refractivity contribution < 1.29 is 13.2 Å². The van der Waals surface area contributed by atoms with Crippen LogP contribution in [0, 0.1) is 13.8 Å². The molecule has 1 saturated heterocycles. The van der Waals surface area contributed by atoms with Crippen molar-refractivity contribution in [2.45, 2.75) is 44.6 Å². The topological polar surface area (TPSA) is 69.7 Å². The predicted molar refractivity (Wildman–Crippen MR) is 141 cm³/mol. The zero-order valence-corrected chi connectivity index (χ0v) is 21.2. The first-order valence-electron chi connectivity index (χ1n) is 12.1. The number of rotatable bonds is 8. The highest BCUT2D eigenvalue weighted by Gasteiger charge is 2.27. The van der Waals surface area contributed by atoms with E-state index in [0.717, 1.165) is 29.8 Å². The van der Waals surface area contributed by atoms with Crippen molar-refractivity contribution in [3.05, 3.63) is 89.5 Å². The fourth-order valence-corrected chi connectivity index (χ4v) is 5.92. The summed E-state index contributed by atoms with van der Waals surface area (Å²) in [6.07, 6.45) is 3.74. The Kier molecular flexibility index (Phi) is 7.76. The Morgan fingerprint density at radius 1 is 0.886 bits per heavy atom. The van der Waals surface area contributed by atoms with Gasteiger partial charge >= 0.3 is 0 Å². The number of aryl methyl sites for hydroxylation is 2. The van der Waals surface area contributed by atoms with Crippen LogP contribution in [0.25, 0.3) is 0 Å². The molecule has 0 atom stereocenters. The number of anilines is 2. The molecule has 0 spiro atoms. The molecule has 0 saturated carbocycles. The summed E-state index contributed by atoms with van der Waals surface area (Å²) in [5, 5.41) is 2.89. The van der Waals surface area contributed by atoms with Crippen molar-refractivity contribution in [3.63, 3.8) is 0 Å². The number of hydrogen-bond acceptors (Lipinski definition) is 4. The average Bonchev–Trinajstić information content (AvgIpc) is 2.86. The summed E-state index contributed by atoms with van der Waals surface area (Å²) in [5.41, 5.74) is 4.52.